The largest absolute Gasteiger partial charge is 0.369 e. The molecule has 78 valence electrons. The Morgan fingerprint density at radius 3 is 3.13 bits per heavy atom. The Kier molecular flexibility index (Phi) is 2.29. The second-order valence-corrected chi connectivity index (χ2v) is 4.93. The second kappa shape index (κ2) is 3.77. The summed E-state index contributed by atoms with van der Waals surface area (Å²) >= 11 is 1.66. The molecule has 0 aliphatic heterocycles. The Morgan fingerprint density at radius 2 is 2.33 bits per heavy atom. The van der Waals surface area contributed by atoms with Crippen molar-refractivity contribution in [2.45, 2.75) is 19.3 Å². The molecule has 2 aromatic heterocycles. The van der Waals surface area contributed by atoms with Crippen LogP contribution in [0.4, 0.5) is 5.82 Å². The Bertz CT molecular complexity index is 462. The maximum Gasteiger partial charge on any atom is 0.138 e. The minimum Gasteiger partial charge on any atom is -0.369 e. The van der Waals surface area contributed by atoms with Crippen molar-refractivity contribution in [3.05, 3.63) is 17.8 Å². The van der Waals surface area contributed by atoms with Crippen LogP contribution in [-0.4, -0.2) is 16.5 Å². The number of rotatable bonds is 3. The maximum absolute atomic E-state index is 4.29. The van der Waals surface area contributed by atoms with E-state index in [0.717, 1.165) is 28.5 Å². The first-order valence-electron chi connectivity index (χ1n) is 5.35. The molecular formula is C11H13N3S. The van der Waals surface area contributed by atoms with Gasteiger partial charge in [-0.3, -0.25) is 0 Å². The summed E-state index contributed by atoms with van der Waals surface area (Å²) in [5.74, 6) is 1.85. The third-order valence-corrected chi connectivity index (χ3v) is 3.87. The van der Waals surface area contributed by atoms with Crippen LogP contribution < -0.4 is 5.32 Å². The Labute approximate surface area is 92.6 Å². The van der Waals surface area contributed by atoms with E-state index in [-0.39, 0.29) is 0 Å². The summed E-state index contributed by atoms with van der Waals surface area (Å²) < 4.78 is 0. The van der Waals surface area contributed by atoms with Crippen LogP contribution in [0.15, 0.2) is 17.8 Å². The van der Waals surface area contributed by atoms with Crippen molar-refractivity contribution in [2.24, 2.45) is 5.92 Å². The van der Waals surface area contributed by atoms with Crippen LogP contribution >= 0.6 is 11.3 Å². The first-order chi connectivity index (χ1) is 7.43. The van der Waals surface area contributed by atoms with E-state index in [4.69, 9.17) is 0 Å². The Morgan fingerprint density at radius 1 is 1.40 bits per heavy atom. The van der Waals surface area contributed by atoms with Crippen LogP contribution in [0.3, 0.4) is 0 Å². The van der Waals surface area contributed by atoms with Crippen molar-refractivity contribution in [3.8, 4) is 0 Å². The van der Waals surface area contributed by atoms with Crippen molar-refractivity contribution in [3.63, 3.8) is 0 Å². The molecule has 1 aliphatic rings. The molecule has 0 spiro atoms. The van der Waals surface area contributed by atoms with Crippen LogP contribution in [0.2, 0.25) is 0 Å². The first-order valence-corrected chi connectivity index (χ1v) is 6.23. The van der Waals surface area contributed by atoms with E-state index >= 15 is 0 Å². The number of aromatic nitrogens is 2. The van der Waals surface area contributed by atoms with E-state index in [1.165, 1.54) is 19.3 Å². The summed E-state index contributed by atoms with van der Waals surface area (Å²) in [6, 6.07) is 2.09. The number of nitrogens with one attached hydrogen (secondary N) is 1. The number of nitrogens with zero attached hydrogens (tertiary/aromatic N) is 2. The van der Waals surface area contributed by atoms with Gasteiger partial charge in [0, 0.05) is 6.54 Å². The van der Waals surface area contributed by atoms with Crippen molar-refractivity contribution in [2.75, 3.05) is 11.9 Å². The molecule has 15 heavy (non-hydrogen) atoms. The quantitative estimate of drug-likeness (QED) is 0.862. The number of hydrogen-bond donors (Lipinski definition) is 1. The molecule has 3 nitrogen and oxygen atoms in total. The van der Waals surface area contributed by atoms with Crippen molar-refractivity contribution >= 4 is 27.4 Å². The van der Waals surface area contributed by atoms with Gasteiger partial charge in [-0.05, 0) is 30.2 Å². The van der Waals surface area contributed by atoms with E-state index in [1.807, 2.05) is 0 Å². The van der Waals surface area contributed by atoms with Gasteiger partial charge in [-0.25, -0.2) is 9.97 Å². The van der Waals surface area contributed by atoms with E-state index in [2.05, 4.69) is 26.7 Å². The lowest BCUT2D eigenvalue weighted by Gasteiger charge is -2.25. The lowest BCUT2D eigenvalue weighted by molar-refractivity contribution is 0.333. The predicted molar refractivity (Wildman–Crippen MR) is 63.2 cm³/mol. The van der Waals surface area contributed by atoms with Crippen LogP contribution in [0.1, 0.15) is 19.3 Å². The molecule has 0 radical (unpaired) electrons. The fourth-order valence-electron chi connectivity index (χ4n) is 1.87. The zero-order valence-corrected chi connectivity index (χ0v) is 9.26. The van der Waals surface area contributed by atoms with Crippen LogP contribution in [-0.2, 0) is 0 Å². The van der Waals surface area contributed by atoms with Gasteiger partial charge in [0.05, 0.1) is 5.39 Å². The minimum atomic E-state index is 0.855. The molecule has 0 atom stereocenters. The molecule has 4 heteroatoms. The highest BCUT2D eigenvalue weighted by Gasteiger charge is 2.17. The summed E-state index contributed by atoms with van der Waals surface area (Å²) in [7, 11) is 0. The molecule has 0 bridgehead atoms. The highest BCUT2D eigenvalue weighted by atomic mass is 32.1. The van der Waals surface area contributed by atoms with E-state index in [9.17, 15) is 0 Å². The first kappa shape index (κ1) is 9.09. The SMILES string of the molecule is c1nc(NCC2CCC2)c2ccsc2n1. The molecular weight excluding hydrogens is 206 g/mol. The van der Waals surface area contributed by atoms with E-state index in [1.54, 1.807) is 17.7 Å². The normalized spacial score (nSPS) is 16.5. The molecule has 0 aromatic carbocycles. The maximum atomic E-state index is 4.29. The third-order valence-electron chi connectivity index (χ3n) is 3.04. The number of anilines is 1. The van der Waals surface area contributed by atoms with Crippen LogP contribution in [0, 0.1) is 5.92 Å². The molecule has 2 heterocycles. The Balaban J connectivity index is 1.80. The summed E-state index contributed by atoms with van der Waals surface area (Å²) in [4.78, 5) is 9.59. The highest BCUT2D eigenvalue weighted by molar-refractivity contribution is 7.16. The molecule has 1 saturated carbocycles. The molecule has 2 aromatic rings. The van der Waals surface area contributed by atoms with Gasteiger partial charge in [0.1, 0.15) is 17.0 Å². The average molecular weight is 219 g/mol. The van der Waals surface area contributed by atoms with E-state index in [0.29, 0.717) is 0 Å². The standard InChI is InChI=1S/C11H13N3S/c1-2-8(3-1)6-12-10-9-4-5-15-11(9)14-7-13-10/h4-5,7-8H,1-3,6H2,(H,12,13,14). The minimum absolute atomic E-state index is 0.855. The lowest BCUT2D eigenvalue weighted by atomic mass is 9.85. The molecule has 0 saturated heterocycles. The lowest BCUT2D eigenvalue weighted by Crippen LogP contribution is -2.21. The number of fused-ring (bicyclic) bond motifs is 1. The van der Waals surface area contributed by atoms with Crippen LogP contribution in [0.25, 0.3) is 10.2 Å². The van der Waals surface area contributed by atoms with Crippen molar-refractivity contribution < 1.29 is 0 Å². The zero-order valence-electron chi connectivity index (χ0n) is 8.44. The van der Waals surface area contributed by atoms with Crippen LogP contribution in [0.5, 0.6) is 0 Å². The Hall–Kier alpha value is -1.16. The summed E-state index contributed by atoms with van der Waals surface area (Å²) in [5.41, 5.74) is 0. The molecule has 3 rings (SSSR count). The number of thiophene rings is 1. The number of hydrogen-bond acceptors (Lipinski definition) is 4. The van der Waals surface area contributed by atoms with Gasteiger partial charge in [-0.15, -0.1) is 11.3 Å². The summed E-state index contributed by atoms with van der Waals surface area (Å²) in [5, 5.41) is 6.65. The molecule has 0 amide bonds. The summed E-state index contributed by atoms with van der Waals surface area (Å²) in [6.45, 7) is 1.06. The van der Waals surface area contributed by atoms with Gasteiger partial charge < -0.3 is 5.32 Å². The van der Waals surface area contributed by atoms with Gasteiger partial charge in [0.15, 0.2) is 0 Å². The molecule has 1 N–H and O–H groups in total. The monoisotopic (exact) mass is 219 g/mol. The smallest absolute Gasteiger partial charge is 0.138 e. The van der Waals surface area contributed by atoms with Gasteiger partial charge in [0.2, 0.25) is 0 Å². The van der Waals surface area contributed by atoms with Gasteiger partial charge in [-0.2, -0.15) is 0 Å². The van der Waals surface area contributed by atoms with Crippen molar-refractivity contribution in [1.82, 2.24) is 9.97 Å². The zero-order chi connectivity index (χ0) is 10.1. The van der Waals surface area contributed by atoms with Gasteiger partial charge in [0.25, 0.3) is 0 Å². The topological polar surface area (TPSA) is 37.8 Å². The molecule has 0 unspecified atom stereocenters. The van der Waals surface area contributed by atoms with Crippen molar-refractivity contribution in [1.29, 1.82) is 0 Å². The fraction of sp³-hybridized carbons (Fsp3) is 0.455. The predicted octanol–water partition coefficient (Wildman–Crippen LogP) is 2.90. The van der Waals surface area contributed by atoms with Gasteiger partial charge in [-0.1, -0.05) is 6.42 Å². The average Bonchev–Trinajstić information content (AvgIpc) is 2.63. The summed E-state index contributed by atoms with van der Waals surface area (Å²) in [6.07, 6.45) is 5.77. The van der Waals surface area contributed by atoms with Gasteiger partial charge >= 0.3 is 0 Å². The molecule has 1 aliphatic carbocycles. The second-order valence-electron chi connectivity index (χ2n) is 4.04. The van der Waals surface area contributed by atoms with E-state index < -0.39 is 0 Å². The highest BCUT2D eigenvalue weighted by Crippen LogP contribution is 2.28. The molecule has 1 fully saturated rings. The third kappa shape index (κ3) is 1.69. The fourth-order valence-corrected chi connectivity index (χ4v) is 2.60.